The zero-order valence-corrected chi connectivity index (χ0v) is 26.3. The standard InChI is InChI=1S/C36H56N2.Ni/c1-4-7-10-12-14-16-18-20-32-23-27-34(28-24-32)37-31-36(22-9-6-3)38-35-29-25-33(26-30-35)21-19-17-15-13-11-8-5-2;/h23-31H,4-22H2,1-3H3;. The minimum Gasteiger partial charge on any atom is -0.255 e. The van der Waals surface area contributed by atoms with Crippen molar-refractivity contribution >= 4 is 23.3 Å². The van der Waals surface area contributed by atoms with Gasteiger partial charge in [0, 0.05) is 22.7 Å². The van der Waals surface area contributed by atoms with E-state index in [1.54, 1.807) is 0 Å². The van der Waals surface area contributed by atoms with Gasteiger partial charge in [0.2, 0.25) is 0 Å². The molecular formula is C36H56N2Ni. The molecule has 220 valence electrons. The van der Waals surface area contributed by atoms with Gasteiger partial charge in [0.1, 0.15) is 0 Å². The summed E-state index contributed by atoms with van der Waals surface area (Å²) in [4.78, 5) is 9.73. The van der Waals surface area contributed by atoms with Crippen molar-refractivity contribution in [3.05, 3.63) is 59.7 Å². The third-order valence-corrected chi connectivity index (χ3v) is 7.43. The Kier molecular flexibility index (Phi) is 21.8. The summed E-state index contributed by atoms with van der Waals surface area (Å²) < 4.78 is 0. The van der Waals surface area contributed by atoms with E-state index in [2.05, 4.69) is 69.3 Å². The summed E-state index contributed by atoms with van der Waals surface area (Å²) in [7, 11) is 0. The van der Waals surface area contributed by atoms with Crippen molar-refractivity contribution in [1.82, 2.24) is 0 Å². The molecule has 39 heavy (non-hydrogen) atoms. The number of aryl methyl sites for hydroxylation is 2. The number of hydrogen-bond acceptors (Lipinski definition) is 2. The largest absolute Gasteiger partial charge is 0.255 e. The molecule has 2 rings (SSSR count). The van der Waals surface area contributed by atoms with Gasteiger partial charge < -0.3 is 0 Å². The number of rotatable bonds is 22. The summed E-state index contributed by atoms with van der Waals surface area (Å²) in [5.41, 5.74) is 5.98. The molecule has 0 aliphatic heterocycles. The van der Waals surface area contributed by atoms with Gasteiger partial charge in [-0.3, -0.25) is 9.98 Å². The molecule has 0 unspecified atom stereocenters. The second kappa shape index (κ2) is 24.1. The first-order valence-corrected chi connectivity index (χ1v) is 16.0. The topological polar surface area (TPSA) is 24.7 Å². The van der Waals surface area contributed by atoms with Crippen LogP contribution in [-0.2, 0) is 29.3 Å². The zero-order chi connectivity index (χ0) is 27.1. The summed E-state index contributed by atoms with van der Waals surface area (Å²) in [6.07, 6.45) is 26.7. The van der Waals surface area contributed by atoms with E-state index in [0.29, 0.717) is 0 Å². The quantitative estimate of drug-likeness (QED) is 0.0758. The van der Waals surface area contributed by atoms with Crippen LogP contribution in [0, 0.1) is 0 Å². The Morgan fingerprint density at radius 1 is 0.513 bits per heavy atom. The molecule has 0 radical (unpaired) electrons. The fraction of sp³-hybridized carbons (Fsp3) is 0.611. The Morgan fingerprint density at radius 2 is 0.923 bits per heavy atom. The molecule has 0 aliphatic rings. The van der Waals surface area contributed by atoms with Crippen LogP contribution in [-0.4, -0.2) is 11.9 Å². The van der Waals surface area contributed by atoms with Crippen molar-refractivity contribution in [3.8, 4) is 0 Å². The van der Waals surface area contributed by atoms with E-state index in [1.807, 2.05) is 6.21 Å². The van der Waals surface area contributed by atoms with Crippen LogP contribution in [0.25, 0.3) is 0 Å². The van der Waals surface area contributed by atoms with Gasteiger partial charge in [0.05, 0.1) is 17.1 Å². The first-order valence-electron chi connectivity index (χ1n) is 16.0. The van der Waals surface area contributed by atoms with E-state index in [9.17, 15) is 0 Å². The van der Waals surface area contributed by atoms with Crippen LogP contribution in [0.15, 0.2) is 58.5 Å². The Hall–Kier alpha value is -1.73. The van der Waals surface area contributed by atoms with Gasteiger partial charge >= 0.3 is 0 Å². The number of hydrogen-bond donors (Lipinski definition) is 0. The number of aliphatic imine (C=N–C) groups is 2. The molecule has 0 heterocycles. The van der Waals surface area contributed by atoms with Gasteiger partial charge in [0.25, 0.3) is 0 Å². The van der Waals surface area contributed by atoms with E-state index < -0.39 is 0 Å². The van der Waals surface area contributed by atoms with E-state index in [1.165, 1.54) is 114 Å². The molecule has 0 saturated heterocycles. The fourth-order valence-corrected chi connectivity index (χ4v) is 4.88. The van der Waals surface area contributed by atoms with Crippen LogP contribution >= 0.6 is 0 Å². The molecule has 0 N–H and O–H groups in total. The van der Waals surface area contributed by atoms with Gasteiger partial charge in [-0.1, -0.05) is 129 Å². The molecule has 0 aromatic heterocycles. The van der Waals surface area contributed by atoms with Crippen LogP contribution in [0.2, 0.25) is 0 Å². The summed E-state index contributed by atoms with van der Waals surface area (Å²) in [6.45, 7) is 6.80. The minimum atomic E-state index is 0. The minimum absolute atomic E-state index is 0. The number of unbranched alkanes of at least 4 members (excludes halogenated alkanes) is 13. The molecule has 0 saturated carbocycles. The normalized spacial score (nSPS) is 11.7. The van der Waals surface area contributed by atoms with Gasteiger partial charge in [-0.25, -0.2) is 0 Å². The Balaban J connectivity index is 0.00000760. The molecule has 0 spiro atoms. The SMILES string of the molecule is CCCCCCCCCc1ccc(N=CC(CCCC)=Nc2ccc(CCCCCCCCC)cc2)cc1.[Ni]. The predicted octanol–water partition coefficient (Wildman–Crippen LogP) is 11.9. The maximum atomic E-state index is 4.95. The predicted molar refractivity (Wildman–Crippen MR) is 171 cm³/mol. The molecule has 0 aliphatic carbocycles. The van der Waals surface area contributed by atoms with Crippen LogP contribution in [0.1, 0.15) is 141 Å². The maximum Gasteiger partial charge on any atom is 0.0633 e. The smallest absolute Gasteiger partial charge is 0.0633 e. The van der Waals surface area contributed by atoms with Crippen LogP contribution in [0.4, 0.5) is 11.4 Å². The van der Waals surface area contributed by atoms with Crippen molar-refractivity contribution in [3.63, 3.8) is 0 Å². The zero-order valence-electron chi connectivity index (χ0n) is 25.3. The van der Waals surface area contributed by atoms with Gasteiger partial charge in [-0.2, -0.15) is 0 Å². The summed E-state index contributed by atoms with van der Waals surface area (Å²) in [5.74, 6) is 0. The first kappa shape index (κ1) is 35.3. The number of benzene rings is 2. The Labute approximate surface area is 251 Å². The molecular weight excluding hydrogens is 519 g/mol. The summed E-state index contributed by atoms with van der Waals surface area (Å²) >= 11 is 0. The third kappa shape index (κ3) is 17.6. The van der Waals surface area contributed by atoms with E-state index in [-0.39, 0.29) is 16.5 Å². The van der Waals surface area contributed by atoms with Crippen molar-refractivity contribution in [2.45, 2.75) is 143 Å². The molecule has 0 atom stereocenters. The van der Waals surface area contributed by atoms with E-state index in [0.717, 1.165) is 36.3 Å². The van der Waals surface area contributed by atoms with Crippen molar-refractivity contribution in [1.29, 1.82) is 0 Å². The molecule has 2 nitrogen and oxygen atoms in total. The monoisotopic (exact) mass is 574 g/mol. The van der Waals surface area contributed by atoms with Gasteiger partial charge in [-0.15, -0.1) is 0 Å². The summed E-state index contributed by atoms with van der Waals surface area (Å²) in [6, 6.07) is 17.7. The van der Waals surface area contributed by atoms with Crippen molar-refractivity contribution in [2.24, 2.45) is 9.98 Å². The molecule has 0 fully saturated rings. The molecule has 0 bridgehead atoms. The van der Waals surface area contributed by atoms with Crippen molar-refractivity contribution < 1.29 is 16.5 Å². The average Bonchev–Trinajstić information content (AvgIpc) is 2.95. The van der Waals surface area contributed by atoms with Gasteiger partial charge in [-0.05, 0) is 73.9 Å². The van der Waals surface area contributed by atoms with E-state index >= 15 is 0 Å². The molecule has 3 heteroatoms. The Morgan fingerprint density at radius 3 is 1.38 bits per heavy atom. The molecule has 2 aromatic rings. The Bertz CT molecular complexity index is 883. The van der Waals surface area contributed by atoms with Gasteiger partial charge in [0.15, 0.2) is 0 Å². The maximum absolute atomic E-state index is 4.95. The fourth-order valence-electron chi connectivity index (χ4n) is 4.88. The first-order chi connectivity index (χ1) is 18.7. The third-order valence-electron chi connectivity index (χ3n) is 7.43. The molecule has 2 aromatic carbocycles. The second-order valence-corrected chi connectivity index (χ2v) is 11.0. The van der Waals surface area contributed by atoms with Crippen LogP contribution in [0.3, 0.4) is 0 Å². The van der Waals surface area contributed by atoms with Crippen molar-refractivity contribution in [2.75, 3.05) is 0 Å². The number of nitrogens with zero attached hydrogens (tertiary/aromatic N) is 2. The van der Waals surface area contributed by atoms with Crippen LogP contribution < -0.4 is 0 Å². The molecule has 0 amide bonds. The summed E-state index contributed by atoms with van der Waals surface area (Å²) in [5, 5.41) is 0. The van der Waals surface area contributed by atoms with E-state index in [4.69, 9.17) is 9.98 Å². The second-order valence-electron chi connectivity index (χ2n) is 11.0. The van der Waals surface area contributed by atoms with Crippen LogP contribution in [0.5, 0.6) is 0 Å². The average molecular weight is 576 g/mol.